The van der Waals surface area contributed by atoms with Crippen molar-refractivity contribution in [1.29, 1.82) is 0 Å². The van der Waals surface area contributed by atoms with E-state index in [4.69, 9.17) is 19.6 Å². The van der Waals surface area contributed by atoms with Crippen LogP contribution < -0.4 is 10.2 Å². The Bertz CT molecular complexity index is 1340. The predicted molar refractivity (Wildman–Crippen MR) is 166 cm³/mol. The smallest absolute Gasteiger partial charge is 0.329 e. The van der Waals surface area contributed by atoms with Gasteiger partial charge < -0.3 is 34.3 Å². The zero-order valence-corrected chi connectivity index (χ0v) is 25.8. The lowest BCUT2D eigenvalue weighted by Crippen LogP contribution is -2.47. The lowest BCUT2D eigenvalue weighted by molar-refractivity contribution is -0.142. The number of carbonyl (C=O) groups is 1. The first-order chi connectivity index (χ1) is 20.8. The molecule has 0 radical (unpaired) electrons. The number of aliphatic carboxylic acids is 1. The van der Waals surface area contributed by atoms with Gasteiger partial charge in [0.2, 0.25) is 5.95 Å². The Balaban J connectivity index is 1.04. The lowest BCUT2D eigenvalue weighted by Gasteiger charge is -2.47. The maximum Gasteiger partial charge on any atom is 0.329 e. The van der Waals surface area contributed by atoms with Crippen LogP contribution in [-0.2, 0) is 14.3 Å². The lowest BCUT2D eigenvalue weighted by atomic mass is 9.71. The van der Waals surface area contributed by atoms with Crippen LogP contribution in [0.1, 0.15) is 64.2 Å². The Kier molecular flexibility index (Phi) is 10.4. The van der Waals surface area contributed by atoms with E-state index in [0.29, 0.717) is 24.7 Å². The molecular weight excluding hydrogens is 548 g/mol. The number of anilines is 3. The summed E-state index contributed by atoms with van der Waals surface area (Å²) in [6, 6.07) is 4.25. The monoisotopic (exact) mass is 594 g/mol. The van der Waals surface area contributed by atoms with Crippen LogP contribution in [-0.4, -0.2) is 99.6 Å². The maximum absolute atomic E-state index is 10.4. The fraction of sp³-hybridized carbons (Fsp3) is 0.645. The van der Waals surface area contributed by atoms with Gasteiger partial charge in [0.15, 0.2) is 0 Å². The Labute approximate surface area is 253 Å². The quantitative estimate of drug-likeness (QED) is 0.257. The van der Waals surface area contributed by atoms with Gasteiger partial charge in [0, 0.05) is 57.8 Å². The number of nitrogens with one attached hydrogen (secondary N) is 1. The highest BCUT2D eigenvalue weighted by Gasteiger charge is 2.38. The van der Waals surface area contributed by atoms with Crippen molar-refractivity contribution in [2.75, 3.05) is 69.4 Å². The van der Waals surface area contributed by atoms with Gasteiger partial charge in [0.05, 0.1) is 11.7 Å². The summed E-state index contributed by atoms with van der Waals surface area (Å²) in [6.07, 6.45) is 10.2. The molecule has 5 rings (SSSR count). The first-order valence-corrected chi connectivity index (χ1v) is 15.6. The van der Waals surface area contributed by atoms with Crippen LogP contribution in [0.4, 0.5) is 17.6 Å². The highest BCUT2D eigenvalue weighted by atomic mass is 16.5. The molecule has 12 heteroatoms. The van der Waals surface area contributed by atoms with Crippen LogP contribution in [0.2, 0.25) is 0 Å². The van der Waals surface area contributed by atoms with E-state index in [2.05, 4.69) is 48.5 Å². The molecule has 2 aliphatic heterocycles. The summed E-state index contributed by atoms with van der Waals surface area (Å²) in [5.41, 5.74) is 2.39. The fourth-order valence-electron chi connectivity index (χ4n) is 6.39. The molecule has 2 saturated heterocycles. The molecule has 5 heterocycles. The van der Waals surface area contributed by atoms with Crippen molar-refractivity contribution in [1.82, 2.24) is 29.4 Å². The summed E-state index contributed by atoms with van der Waals surface area (Å²) in [5, 5.41) is 12.0. The van der Waals surface area contributed by atoms with Crippen LogP contribution in [0.15, 0.2) is 24.5 Å². The van der Waals surface area contributed by atoms with E-state index in [0.717, 1.165) is 86.6 Å². The molecule has 2 fully saturated rings. The summed E-state index contributed by atoms with van der Waals surface area (Å²) >= 11 is 0. The molecule has 12 nitrogen and oxygen atoms in total. The summed E-state index contributed by atoms with van der Waals surface area (Å²) in [5.74, 6) is 2.32. The van der Waals surface area contributed by atoms with Crippen molar-refractivity contribution in [2.45, 2.75) is 65.3 Å². The number of aromatic nitrogens is 5. The fourth-order valence-corrected chi connectivity index (χ4v) is 6.39. The van der Waals surface area contributed by atoms with Crippen LogP contribution in [0, 0.1) is 12.3 Å². The zero-order chi connectivity index (χ0) is 30.2. The number of rotatable bonds is 14. The predicted octanol–water partition coefficient (Wildman–Crippen LogP) is 4.43. The first kappa shape index (κ1) is 31.1. The standard InChI is InChI=1S/C31H46N8O4/c1-23(2)39-24(3)34-25-21-33-28(20-26(25)39)35-27-6-11-32-30(36-27)38-15-9-31(10-16-38)7-13-37(14-8-31)12-4-17-42-18-5-19-43-22-29(40)41/h6,11,20-21,23H,4-5,7-10,12-19,22H2,1-3H3,(H,40,41)(H,32,33,35,36). The molecule has 0 unspecified atom stereocenters. The van der Waals surface area contributed by atoms with Crippen LogP contribution >= 0.6 is 0 Å². The first-order valence-electron chi connectivity index (χ1n) is 15.6. The number of fused-ring (bicyclic) bond motifs is 1. The van der Waals surface area contributed by atoms with Crippen molar-refractivity contribution >= 4 is 34.6 Å². The van der Waals surface area contributed by atoms with Crippen molar-refractivity contribution < 1.29 is 19.4 Å². The summed E-state index contributed by atoms with van der Waals surface area (Å²) in [4.78, 5) is 34.0. The average molecular weight is 595 g/mol. The molecular formula is C31H46N8O4. The van der Waals surface area contributed by atoms with E-state index in [-0.39, 0.29) is 6.61 Å². The second kappa shape index (κ2) is 14.4. The SMILES string of the molecule is Cc1nc2cnc(Nc3ccnc(N4CCC5(CCN(CCCOCCCOCC(=O)O)CC5)CC4)n3)cc2n1C(C)C. The number of likely N-dealkylation sites (tertiary alicyclic amines) is 1. The second-order valence-corrected chi connectivity index (χ2v) is 12.1. The third-order valence-corrected chi connectivity index (χ3v) is 8.76. The highest BCUT2D eigenvalue weighted by molar-refractivity contribution is 5.79. The number of ether oxygens (including phenoxy) is 2. The number of hydrogen-bond donors (Lipinski definition) is 2. The molecule has 0 amide bonds. The van der Waals surface area contributed by atoms with Gasteiger partial charge in [-0.15, -0.1) is 0 Å². The van der Waals surface area contributed by atoms with Gasteiger partial charge in [-0.3, -0.25) is 0 Å². The number of aryl methyl sites for hydroxylation is 1. The van der Waals surface area contributed by atoms with Gasteiger partial charge in [-0.2, -0.15) is 4.98 Å². The Morgan fingerprint density at radius 3 is 2.47 bits per heavy atom. The van der Waals surface area contributed by atoms with Crippen molar-refractivity contribution in [3.8, 4) is 0 Å². The Morgan fingerprint density at radius 1 is 1.00 bits per heavy atom. The largest absolute Gasteiger partial charge is 0.480 e. The van der Waals surface area contributed by atoms with Gasteiger partial charge in [-0.1, -0.05) is 0 Å². The molecule has 0 aromatic carbocycles. The molecule has 0 atom stereocenters. The molecule has 2 aliphatic rings. The number of hydrogen-bond acceptors (Lipinski definition) is 10. The number of nitrogens with zero attached hydrogens (tertiary/aromatic N) is 7. The normalized spacial score (nSPS) is 17.3. The highest BCUT2D eigenvalue weighted by Crippen LogP contribution is 2.41. The number of carboxylic acids is 1. The van der Waals surface area contributed by atoms with Crippen LogP contribution in [0.5, 0.6) is 0 Å². The van der Waals surface area contributed by atoms with E-state index in [9.17, 15) is 4.79 Å². The topological polar surface area (TPSA) is 131 Å². The summed E-state index contributed by atoms with van der Waals surface area (Å²) in [6.45, 7) is 13.2. The number of pyridine rings is 1. The molecule has 1 spiro atoms. The molecule has 0 bridgehead atoms. The zero-order valence-electron chi connectivity index (χ0n) is 25.8. The Hall–Kier alpha value is -3.35. The summed E-state index contributed by atoms with van der Waals surface area (Å²) in [7, 11) is 0. The van der Waals surface area contributed by atoms with E-state index >= 15 is 0 Å². The minimum Gasteiger partial charge on any atom is -0.480 e. The maximum atomic E-state index is 10.4. The van der Waals surface area contributed by atoms with Crippen molar-refractivity contribution in [3.05, 3.63) is 30.4 Å². The average Bonchev–Trinajstić information content (AvgIpc) is 3.33. The molecule has 3 aromatic rings. The minimum atomic E-state index is -0.934. The second-order valence-electron chi connectivity index (χ2n) is 12.1. The molecule has 234 valence electrons. The Morgan fingerprint density at radius 2 is 1.72 bits per heavy atom. The number of carboxylic acid groups (broad SMARTS) is 1. The van der Waals surface area contributed by atoms with Crippen molar-refractivity contribution in [2.24, 2.45) is 5.41 Å². The van der Waals surface area contributed by atoms with Gasteiger partial charge in [-0.05, 0) is 83.9 Å². The van der Waals surface area contributed by atoms with Gasteiger partial charge in [0.25, 0.3) is 0 Å². The third-order valence-electron chi connectivity index (χ3n) is 8.76. The van der Waals surface area contributed by atoms with E-state index < -0.39 is 5.97 Å². The molecule has 0 saturated carbocycles. The van der Waals surface area contributed by atoms with E-state index in [1.54, 1.807) is 0 Å². The minimum absolute atomic E-state index is 0.241. The van der Waals surface area contributed by atoms with Gasteiger partial charge in [0.1, 0.15) is 29.6 Å². The molecule has 2 N–H and O–H groups in total. The third kappa shape index (κ3) is 8.18. The van der Waals surface area contributed by atoms with E-state index in [1.165, 1.54) is 25.7 Å². The number of imidazole rings is 1. The molecule has 3 aromatic heterocycles. The molecule has 0 aliphatic carbocycles. The van der Waals surface area contributed by atoms with E-state index in [1.807, 2.05) is 31.5 Å². The number of piperidine rings is 2. The van der Waals surface area contributed by atoms with Gasteiger partial charge >= 0.3 is 5.97 Å². The summed E-state index contributed by atoms with van der Waals surface area (Å²) < 4.78 is 12.9. The van der Waals surface area contributed by atoms with Gasteiger partial charge in [-0.25, -0.2) is 19.7 Å². The van der Waals surface area contributed by atoms with Crippen LogP contribution in [0.25, 0.3) is 11.0 Å². The molecule has 43 heavy (non-hydrogen) atoms. The van der Waals surface area contributed by atoms with Crippen LogP contribution in [0.3, 0.4) is 0 Å². The van der Waals surface area contributed by atoms with Crippen molar-refractivity contribution in [3.63, 3.8) is 0 Å².